The topological polar surface area (TPSA) is 85.8 Å². The van der Waals surface area contributed by atoms with Crippen molar-refractivity contribution in [1.82, 2.24) is 19.3 Å². The molecule has 4 aromatic rings. The van der Waals surface area contributed by atoms with Crippen LogP contribution in [0.5, 0.6) is 5.75 Å². The van der Waals surface area contributed by atoms with Gasteiger partial charge >= 0.3 is 0 Å². The minimum absolute atomic E-state index is 0.0867. The van der Waals surface area contributed by atoms with Crippen LogP contribution in [0.1, 0.15) is 22.0 Å². The van der Waals surface area contributed by atoms with Gasteiger partial charge in [-0.15, -0.1) is 0 Å². The average molecular weight is 438 g/mol. The molecule has 1 aliphatic heterocycles. The van der Waals surface area contributed by atoms with Crippen molar-refractivity contribution >= 4 is 44.2 Å². The van der Waals surface area contributed by atoms with E-state index in [0.29, 0.717) is 29.0 Å². The van der Waals surface area contributed by atoms with Gasteiger partial charge in [-0.3, -0.25) is 9.20 Å². The molecule has 1 atom stereocenters. The number of carbonyl (C=O) groups is 1. The van der Waals surface area contributed by atoms with Gasteiger partial charge in [0.2, 0.25) is 0 Å². The van der Waals surface area contributed by atoms with Gasteiger partial charge in [0.15, 0.2) is 0 Å². The molecular formula is C20H16BrN5O2. The molecule has 2 aromatic carbocycles. The van der Waals surface area contributed by atoms with Crippen molar-refractivity contribution in [2.75, 3.05) is 19.4 Å². The largest absolute Gasteiger partial charge is 0.491 e. The number of imidazole rings is 1. The average Bonchev–Trinajstić information content (AvgIpc) is 3.34. The number of benzene rings is 2. The first kappa shape index (κ1) is 17.0. The lowest BCUT2D eigenvalue weighted by Gasteiger charge is -2.24. The molecule has 7 nitrogen and oxygen atoms in total. The monoisotopic (exact) mass is 437 g/mol. The number of anilines is 1. The first-order valence-electron chi connectivity index (χ1n) is 8.73. The van der Waals surface area contributed by atoms with Crippen LogP contribution in [0.4, 0.5) is 5.82 Å². The Morgan fingerprint density at radius 1 is 1.29 bits per heavy atom. The summed E-state index contributed by atoms with van der Waals surface area (Å²) in [5.74, 6) is 1.13. The summed E-state index contributed by atoms with van der Waals surface area (Å²) in [6.07, 6.45) is 3.33. The number of amides is 1. The van der Waals surface area contributed by atoms with Gasteiger partial charge in [-0.05, 0) is 30.3 Å². The minimum Gasteiger partial charge on any atom is -0.491 e. The third kappa shape index (κ3) is 2.52. The summed E-state index contributed by atoms with van der Waals surface area (Å²) in [6, 6.07) is 11.1. The number of halogens is 1. The Balaban J connectivity index is 1.54. The number of hydrogen-bond donors (Lipinski definition) is 1. The van der Waals surface area contributed by atoms with Crippen molar-refractivity contribution < 1.29 is 9.53 Å². The highest BCUT2D eigenvalue weighted by molar-refractivity contribution is 9.10. The van der Waals surface area contributed by atoms with Crippen LogP contribution in [0.2, 0.25) is 0 Å². The van der Waals surface area contributed by atoms with Gasteiger partial charge in [-0.2, -0.15) is 0 Å². The fraction of sp³-hybridized carbons (Fsp3) is 0.150. The normalized spacial score (nSPS) is 15.6. The fourth-order valence-electron chi connectivity index (χ4n) is 3.64. The van der Waals surface area contributed by atoms with Crippen LogP contribution in [0.3, 0.4) is 0 Å². The van der Waals surface area contributed by atoms with Crippen LogP contribution >= 0.6 is 15.9 Å². The van der Waals surface area contributed by atoms with Gasteiger partial charge in [-0.1, -0.05) is 22.0 Å². The molecule has 140 valence electrons. The van der Waals surface area contributed by atoms with E-state index < -0.39 is 0 Å². The maximum atomic E-state index is 13.2. The Morgan fingerprint density at radius 2 is 2.14 bits per heavy atom. The Morgan fingerprint density at radius 3 is 3.00 bits per heavy atom. The molecule has 0 saturated carbocycles. The quantitative estimate of drug-likeness (QED) is 0.519. The van der Waals surface area contributed by atoms with E-state index in [9.17, 15) is 4.79 Å². The molecule has 8 heteroatoms. The van der Waals surface area contributed by atoms with E-state index in [2.05, 4.69) is 25.9 Å². The number of rotatable bonds is 2. The Labute approximate surface area is 168 Å². The second-order valence-corrected chi connectivity index (χ2v) is 7.69. The molecule has 0 saturated heterocycles. The van der Waals surface area contributed by atoms with Gasteiger partial charge in [-0.25, -0.2) is 9.97 Å². The number of nitrogens with zero attached hydrogens (tertiary/aromatic N) is 4. The maximum Gasteiger partial charge on any atom is 0.254 e. The standard InChI is InChI=1S/C20H16BrN5O2/c1-25(17-9-28-18-7-12(21)3-4-13(17)18)20(27)11-2-5-14-15(6-11)26-10-23-8-16(26)19(22)24-14/h2-8,10,17H,9H2,1H3,(H2,22,24)/t17-/m0/s1. The predicted molar refractivity (Wildman–Crippen MR) is 109 cm³/mol. The third-order valence-electron chi connectivity index (χ3n) is 5.14. The number of ether oxygens (including phenoxy) is 1. The molecule has 2 N–H and O–H groups in total. The highest BCUT2D eigenvalue weighted by Gasteiger charge is 2.31. The van der Waals surface area contributed by atoms with E-state index in [0.717, 1.165) is 21.3 Å². The summed E-state index contributed by atoms with van der Waals surface area (Å²) in [5, 5.41) is 0. The zero-order chi connectivity index (χ0) is 19.4. The van der Waals surface area contributed by atoms with Crippen LogP contribution < -0.4 is 10.5 Å². The van der Waals surface area contributed by atoms with Gasteiger partial charge in [0.1, 0.15) is 23.7 Å². The molecule has 0 aliphatic carbocycles. The molecule has 1 aliphatic rings. The van der Waals surface area contributed by atoms with Crippen molar-refractivity contribution in [2.24, 2.45) is 0 Å². The Kier molecular flexibility index (Phi) is 3.77. The lowest BCUT2D eigenvalue weighted by atomic mass is 10.1. The van der Waals surface area contributed by atoms with Crippen LogP contribution in [-0.2, 0) is 0 Å². The van der Waals surface area contributed by atoms with Crippen molar-refractivity contribution in [3.05, 3.63) is 64.5 Å². The maximum absolute atomic E-state index is 13.2. The molecule has 5 rings (SSSR count). The van der Waals surface area contributed by atoms with Crippen molar-refractivity contribution in [3.8, 4) is 5.75 Å². The molecule has 0 radical (unpaired) electrons. The lowest BCUT2D eigenvalue weighted by Crippen LogP contribution is -2.32. The van der Waals surface area contributed by atoms with Gasteiger partial charge in [0.05, 0.1) is 29.6 Å². The summed E-state index contributed by atoms with van der Waals surface area (Å²) in [4.78, 5) is 23.5. The van der Waals surface area contributed by atoms with E-state index in [1.165, 1.54) is 0 Å². The molecule has 0 spiro atoms. The van der Waals surface area contributed by atoms with Crippen LogP contribution in [-0.4, -0.2) is 38.8 Å². The van der Waals surface area contributed by atoms with Crippen LogP contribution in [0, 0.1) is 0 Å². The van der Waals surface area contributed by atoms with Crippen molar-refractivity contribution in [3.63, 3.8) is 0 Å². The number of nitrogens with two attached hydrogens (primary N) is 1. The minimum atomic E-state index is -0.135. The van der Waals surface area contributed by atoms with Gasteiger partial charge in [0, 0.05) is 22.6 Å². The number of hydrogen-bond acceptors (Lipinski definition) is 5. The molecule has 0 fully saturated rings. The summed E-state index contributed by atoms with van der Waals surface area (Å²) < 4.78 is 8.57. The van der Waals surface area contributed by atoms with Crippen molar-refractivity contribution in [1.29, 1.82) is 0 Å². The SMILES string of the molecule is CN(C(=O)c1ccc2nc(N)c3cncn3c2c1)[C@H]1COc2cc(Br)ccc21. The third-order valence-corrected chi connectivity index (χ3v) is 5.64. The lowest BCUT2D eigenvalue weighted by molar-refractivity contribution is 0.0708. The smallest absolute Gasteiger partial charge is 0.254 e. The summed E-state index contributed by atoms with van der Waals surface area (Å²) in [6.45, 7) is 0.436. The number of carbonyl (C=O) groups excluding carboxylic acids is 1. The molecule has 28 heavy (non-hydrogen) atoms. The number of nitrogen functional groups attached to an aromatic ring is 1. The molecule has 0 unspecified atom stereocenters. The second kappa shape index (κ2) is 6.20. The predicted octanol–water partition coefficient (Wildman–Crippen LogP) is 3.43. The Bertz CT molecular complexity index is 1250. The van der Waals surface area contributed by atoms with Crippen LogP contribution in [0.25, 0.3) is 16.6 Å². The first-order valence-corrected chi connectivity index (χ1v) is 9.53. The summed E-state index contributed by atoms with van der Waals surface area (Å²) >= 11 is 3.45. The number of likely N-dealkylation sites (N-methyl/N-ethyl adjacent to an activating group) is 1. The van der Waals surface area contributed by atoms with E-state index in [4.69, 9.17) is 10.5 Å². The zero-order valence-electron chi connectivity index (χ0n) is 15.0. The molecule has 3 heterocycles. The second-order valence-electron chi connectivity index (χ2n) is 6.77. The summed E-state index contributed by atoms with van der Waals surface area (Å²) in [5.41, 5.74) is 9.78. The molecular weight excluding hydrogens is 422 g/mol. The van der Waals surface area contributed by atoms with E-state index in [1.54, 1.807) is 30.5 Å². The van der Waals surface area contributed by atoms with Gasteiger partial charge < -0.3 is 15.4 Å². The first-order chi connectivity index (χ1) is 13.5. The van der Waals surface area contributed by atoms with E-state index >= 15 is 0 Å². The van der Waals surface area contributed by atoms with Crippen LogP contribution in [0.15, 0.2) is 53.4 Å². The van der Waals surface area contributed by atoms with Crippen molar-refractivity contribution in [2.45, 2.75) is 6.04 Å². The zero-order valence-corrected chi connectivity index (χ0v) is 16.5. The highest BCUT2D eigenvalue weighted by Crippen LogP contribution is 2.37. The number of aromatic nitrogens is 3. The fourth-order valence-corrected chi connectivity index (χ4v) is 3.98. The molecule has 1 amide bonds. The van der Waals surface area contributed by atoms with Gasteiger partial charge in [0.25, 0.3) is 5.91 Å². The Hall–Kier alpha value is -3.13. The molecule has 0 bridgehead atoms. The highest BCUT2D eigenvalue weighted by atomic mass is 79.9. The summed E-state index contributed by atoms with van der Waals surface area (Å²) in [7, 11) is 1.80. The van der Waals surface area contributed by atoms with E-state index in [1.807, 2.05) is 34.7 Å². The molecule has 2 aromatic heterocycles. The number of fused-ring (bicyclic) bond motifs is 4. The van der Waals surface area contributed by atoms with E-state index in [-0.39, 0.29) is 11.9 Å².